The predicted molar refractivity (Wildman–Crippen MR) is 152 cm³/mol. The van der Waals surface area contributed by atoms with Crippen molar-refractivity contribution in [2.24, 2.45) is 0 Å². The van der Waals surface area contributed by atoms with Crippen LogP contribution in [0.2, 0.25) is 0 Å². The van der Waals surface area contributed by atoms with E-state index in [0.29, 0.717) is 22.8 Å². The third-order valence-corrected chi connectivity index (χ3v) is 7.05. The minimum Gasteiger partial charge on any atom is -0.507 e. The van der Waals surface area contributed by atoms with Crippen molar-refractivity contribution in [3.05, 3.63) is 109 Å². The summed E-state index contributed by atoms with van der Waals surface area (Å²) >= 11 is 0. The Morgan fingerprint density at radius 1 is 0.725 bits per heavy atom. The average Bonchev–Trinajstić information content (AvgIpc) is 3.52. The summed E-state index contributed by atoms with van der Waals surface area (Å²) in [7, 11) is 0. The number of hydrogen-bond acceptors (Lipinski definition) is 5. The molecule has 5 aromatic heterocycles. The number of fused-ring (bicyclic) bond motifs is 9. The van der Waals surface area contributed by atoms with E-state index >= 15 is 0 Å². The summed E-state index contributed by atoms with van der Waals surface area (Å²) in [5.41, 5.74) is 5.79. The van der Waals surface area contributed by atoms with Crippen LogP contribution >= 0.6 is 0 Å². The quantitative estimate of drug-likeness (QED) is 0.148. The normalized spacial score (nSPS) is 11.6. The molecule has 0 saturated heterocycles. The average molecular weight is 700 g/mol. The summed E-state index contributed by atoms with van der Waals surface area (Å²) in [6.45, 7) is 3.81. The van der Waals surface area contributed by atoms with E-state index in [1.54, 1.807) is 4.52 Å². The molecule has 7 nitrogen and oxygen atoms in total. The molecule has 0 fully saturated rings. The Bertz CT molecular complexity index is 2200. The third kappa shape index (κ3) is 3.62. The fourth-order valence-electron chi connectivity index (χ4n) is 5.37. The Labute approximate surface area is 243 Å². The summed E-state index contributed by atoms with van der Waals surface area (Å²) in [6, 6.07) is 33.2. The fraction of sp³-hybridized carbons (Fsp3) is 0.0625. The van der Waals surface area contributed by atoms with Gasteiger partial charge in [0, 0.05) is 33.9 Å². The molecule has 0 radical (unpaired) electrons. The monoisotopic (exact) mass is 699 g/mol. The first-order chi connectivity index (χ1) is 19.2. The van der Waals surface area contributed by atoms with Crippen molar-refractivity contribution < 1.29 is 25.8 Å². The molecule has 0 bridgehead atoms. The number of aryl methyl sites for hydroxylation is 2. The van der Waals surface area contributed by atoms with E-state index < -0.39 is 0 Å². The zero-order valence-electron chi connectivity index (χ0n) is 21.5. The van der Waals surface area contributed by atoms with Crippen LogP contribution in [0, 0.1) is 26.0 Å². The van der Waals surface area contributed by atoms with Crippen molar-refractivity contribution in [2.45, 2.75) is 13.8 Å². The van der Waals surface area contributed by atoms with Gasteiger partial charge in [-0.1, -0.05) is 55.1 Å². The van der Waals surface area contributed by atoms with Crippen molar-refractivity contribution >= 4 is 49.4 Å². The molecule has 0 atom stereocenters. The van der Waals surface area contributed by atoms with E-state index in [9.17, 15) is 0 Å². The molecular formula is C32H20N6OPt. The van der Waals surface area contributed by atoms with Gasteiger partial charge in [0.15, 0.2) is 5.65 Å². The van der Waals surface area contributed by atoms with E-state index in [0.717, 1.165) is 55.3 Å². The summed E-state index contributed by atoms with van der Waals surface area (Å²) in [4.78, 5) is 14.3. The molecule has 40 heavy (non-hydrogen) atoms. The van der Waals surface area contributed by atoms with Gasteiger partial charge in [0.05, 0.1) is 5.52 Å². The Kier molecular flexibility index (Phi) is 5.65. The first kappa shape index (κ1) is 24.4. The molecule has 0 spiro atoms. The number of para-hydroxylation sites is 1. The van der Waals surface area contributed by atoms with Gasteiger partial charge in [-0.15, -0.1) is 24.3 Å². The van der Waals surface area contributed by atoms with Crippen LogP contribution in [0.4, 0.5) is 0 Å². The minimum absolute atomic E-state index is 0. The molecule has 3 aromatic carbocycles. The van der Waals surface area contributed by atoms with Gasteiger partial charge in [-0.2, -0.15) is 11.2 Å². The molecule has 0 N–H and O–H groups in total. The summed E-state index contributed by atoms with van der Waals surface area (Å²) in [5, 5.41) is 8.88. The number of benzene rings is 3. The van der Waals surface area contributed by atoms with Crippen LogP contribution in [-0.2, 0) is 21.1 Å². The Morgan fingerprint density at radius 2 is 1.48 bits per heavy atom. The van der Waals surface area contributed by atoms with E-state index in [1.807, 2.05) is 74.6 Å². The van der Waals surface area contributed by atoms with Gasteiger partial charge in [-0.3, -0.25) is 0 Å². The van der Waals surface area contributed by atoms with Crippen LogP contribution in [0.1, 0.15) is 11.5 Å². The maximum atomic E-state index is 6.38. The number of nitrogens with zero attached hydrogens (tertiary/aromatic N) is 6. The molecule has 8 aromatic rings. The van der Waals surface area contributed by atoms with Crippen LogP contribution < -0.4 is 4.74 Å². The molecule has 0 aliphatic carbocycles. The van der Waals surface area contributed by atoms with E-state index in [4.69, 9.17) is 9.72 Å². The Hall–Kier alpha value is -4.61. The van der Waals surface area contributed by atoms with E-state index in [2.05, 4.69) is 56.0 Å². The topological polar surface area (TPSA) is 70.1 Å². The summed E-state index contributed by atoms with van der Waals surface area (Å²) in [5.74, 6) is 1.76. The molecule has 0 saturated carbocycles. The predicted octanol–water partition coefficient (Wildman–Crippen LogP) is 6.93. The number of ether oxygens (including phenoxy) is 1. The molecule has 5 heterocycles. The first-order valence-corrected chi connectivity index (χ1v) is 12.7. The molecule has 194 valence electrons. The molecule has 0 amide bonds. The van der Waals surface area contributed by atoms with Crippen LogP contribution in [0.25, 0.3) is 55.1 Å². The number of rotatable bonds is 3. The SMILES string of the molecule is Cc1nc2c3ccccc3c3nc(C)c(Oc4[c-]c(-n5c6ccccc6c6cccnc65)ccc4)[c-]c3n2n1.[Pt+2]. The Balaban J connectivity index is 0.00000264. The van der Waals surface area contributed by atoms with Crippen LogP contribution in [0.3, 0.4) is 0 Å². The molecule has 0 unspecified atom stereocenters. The van der Waals surface area contributed by atoms with Crippen molar-refractivity contribution in [2.75, 3.05) is 0 Å². The second kappa shape index (κ2) is 9.25. The third-order valence-electron chi connectivity index (χ3n) is 7.05. The molecule has 0 aliphatic rings. The molecule has 8 rings (SSSR count). The number of pyridine rings is 3. The largest absolute Gasteiger partial charge is 2.00 e. The zero-order chi connectivity index (χ0) is 26.1. The van der Waals surface area contributed by atoms with Crippen molar-refractivity contribution in [3.8, 4) is 17.2 Å². The van der Waals surface area contributed by atoms with Gasteiger partial charge in [0.1, 0.15) is 11.5 Å². The van der Waals surface area contributed by atoms with Gasteiger partial charge in [-0.25, -0.2) is 14.5 Å². The zero-order valence-corrected chi connectivity index (χ0v) is 23.8. The molecule has 0 aliphatic heterocycles. The van der Waals surface area contributed by atoms with Gasteiger partial charge in [0.2, 0.25) is 0 Å². The fourth-order valence-corrected chi connectivity index (χ4v) is 5.37. The van der Waals surface area contributed by atoms with E-state index in [1.165, 1.54) is 0 Å². The molecule has 8 heteroatoms. The maximum Gasteiger partial charge on any atom is 2.00 e. The maximum absolute atomic E-state index is 6.38. The van der Waals surface area contributed by atoms with Crippen LogP contribution in [0.5, 0.6) is 11.5 Å². The van der Waals surface area contributed by atoms with Crippen molar-refractivity contribution in [1.29, 1.82) is 0 Å². The molecular weight excluding hydrogens is 679 g/mol. The second-order valence-electron chi connectivity index (χ2n) is 9.52. The van der Waals surface area contributed by atoms with Gasteiger partial charge < -0.3 is 14.3 Å². The van der Waals surface area contributed by atoms with Gasteiger partial charge in [-0.05, 0) is 47.2 Å². The van der Waals surface area contributed by atoms with Crippen molar-refractivity contribution in [1.82, 2.24) is 29.1 Å². The van der Waals surface area contributed by atoms with Crippen molar-refractivity contribution in [3.63, 3.8) is 0 Å². The van der Waals surface area contributed by atoms with E-state index in [-0.39, 0.29) is 21.1 Å². The van der Waals surface area contributed by atoms with Crippen LogP contribution in [-0.4, -0.2) is 29.1 Å². The minimum atomic E-state index is 0. The number of aromatic nitrogens is 6. The first-order valence-electron chi connectivity index (χ1n) is 12.7. The number of hydrogen-bond donors (Lipinski definition) is 0. The second-order valence-corrected chi connectivity index (χ2v) is 9.52. The van der Waals surface area contributed by atoms with Crippen LogP contribution in [0.15, 0.2) is 85.1 Å². The summed E-state index contributed by atoms with van der Waals surface area (Å²) < 4.78 is 10.3. The van der Waals surface area contributed by atoms with Gasteiger partial charge >= 0.3 is 21.1 Å². The summed E-state index contributed by atoms with van der Waals surface area (Å²) in [6.07, 6.45) is 1.81. The Morgan fingerprint density at radius 3 is 2.35 bits per heavy atom. The smallest absolute Gasteiger partial charge is 0.507 e. The van der Waals surface area contributed by atoms with Gasteiger partial charge in [0.25, 0.3) is 0 Å². The standard InChI is InChI=1S/C32H20N6O.Pt/c1-19-29(18-28-30(34-19)24-12-3-4-13-26(24)32-35-20(2)36-38(28)32)39-22-10-7-9-21(17-22)37-27-15-6-5-11-23(27)25-14-8-16-33-31(25)37;/h3-16H,1-2H3;/q-2;+2.